The molecule has 1 saturated carbocycles. The van der Waals surface area contributed by atoms with E-state index in [1.807, 2.05) is 24.3 Å². The van der Waals surface area contributed by atoms with Crippen molar-refractivity contribution in [2.45, 2.75) is 45.6 Å². The predicted molar refractivity (Wildman–Crippen MR) is 82.9 cm³/mol. The van der Waals surface area contributed by atoms with Crippen molar-refractivity contribution in [2.75, 3.05) is 18.9 Å². The summed E-state index contributed by atoms with van der Waals surface area (Å²) >= 11 is 0. The lowest BCUT2D eigenvalue weighted by molar-refractivity contribution is -0.00318. The zero-order chi connectivity index (χ0) is 14.4. The molecule has 0 aromatic heterocycles. The fourth-order valence-electron chi connectivity index (χ4n) is 3.11. The summed E-state index contributed by atoms with van der Waals surface area (Å²) in [6.07, 6.45) is 5.10. The van der Waals surface area contributed by atoms with Gasteiger partial charge in [-0.3, -0.25) is 0 Å². The molecule has 1 fully saturated rings. The number of para-hydroxylation sites is 2. The third kappa shape index (κ3) is 4.71. The van der Waals surface area contributed by atoms with Crippen LogP contribution in [-0.4, -0.2) is 19.3 Å². The number of hydrogen-bond acceptors (Lipinski definition) is 3. The van der Waals surface area contributed by atoms with Gasteiger partial charge in [-0.25, -0.2) is 0 Å². The molecule has 20 heavy (non-hydrogen) atoms. The lowest BCUT2D eigenvalue weighted by atomic mass is 9.82. The van der Waals surface area contributed by atoms with Crippen LogP contribution in [0, 0.1) is 11.8 Å². The van der Waals surface area contributed by atoms with Crippen LogP contribution in [0.15, 0.2) is 24.3 Å². The second-order valence-corrected chi connectivity index (χ2v) is 6.15. The first-order chi connectivity index (χ1) is 9.65. The Hall–Kier alpha value is -1.22. The van der Waals surface area contributed by atoms with Crippen LogP contribution in [-0.2, 0) is 4.74 Å². The Morgan fingerprint density at radius 1 is 1.05 bits per heavy atom. The van der Waals surface area contributed by atoms with Gasteiger partial charge in [0.05, 0.1) is 25.0 Å². The molecule has 3 nitrogen and oxygen atoms in total. The number of ether oxygens (including phenoxy) is 2. The molecule has 0 saturated heterocycles. The van der Waals surface area contributed by atoms with Crippen LogP contribution >= 0.6 is 0 Å². The molecule has 1 aliphatic rings. The van der Waals surface area contributed by atoms with Crippen molar-refractivity contribution in [1.82, 2.24) is 0 Å². The summed E-state index contributed by atoms with van der Waals surface area (Å²) in [4.78, 5) is 0. The minimum absolute atomic E-state index is 0.440. The number of anilines is 1. The van der Waals surface area contributed by atoms with Crippen LogP contribution in [0.1, 0.15) is 39.5 Å². The highest BCUT2D eigenvalue weighted by atomic mass is 16.5. The van der Waals surface area contributed by atoms with E-state index in [0.717, 1.165) is 30.6 Å². The largest absolute Gasteiger partial charge is 0.491 e. The molecule has 2 N–H and O–H groups in total. The molecular formula is C17H27NO2. The summed E-state index contributed by atoms with van der Waals surface area (Å²) in [5, 5.41) is 0. The first kappa shape index (κ1) is 15.2. The number of nitrogens with two attached hydrogens (primary N) is 1. The molecule has 3 heteroatoms. The van der Waals surface area contributed by atoms with Crippen LogP contribution in [0.5, 0.6) is 5.75 Å². The summed E-state index contributed by atoms with van der Waals surface area (Å²) < 4.78 is 11.6. The molecular weight excluding hydrogens is 250 g/mol. The predicted octanol–water partition coefficient (Wildman–Crippen LogP) is 3.88. The van der Waals surface area contributed by atoms with E-state index in [0.29, 0.717) is 18.4 Å². The second kappa shape index (κ2) is 7.53. The fourth-order valence-corrected chi connectivity index (χ4v) is 3.11. The second-order valence-electron chi connectivity index (χ2n) is 6.15. The number of nitrogen functional groups attached to an aromatic ring is 1. The molecule has 1 aromatic carbocycles. The average molecular weight is 277 g/mol. The van der Waals surface area contributed by atoms with Gasteiger partial charge in [-0.1, -0.05) is 26.0 Å². The maximum Gasteiger partial charge on any atom is 0.142 e. The van der Waals surface area contributed by atoms with E-state index in [-0.39, 0.29) is 0 Å². The van der Waals surface area contributed by atoms with Crippen LogP contribution in [0.3, 0.4) is 0 Å². The van der Waals surface area contributed by atoms with Crippen LogP contribution in [0.25, 0.3) is 0 Å². The molecule has 112 valence electrons. The summed E-state index contributed by atoms with van der Waals surface area (Å²) in [6.45, 7) is 6.09. The van der Waals surface area contributed by atoms with E-state index >= 15 is 0 Å². The Labute approximate surface area is 122 Å². The summed E-state index contributed by atoms with van der Waals surface area (Å²) in [5.41, 5.74) is 6.52. The lowest BCUT2D eigenvalue weighted by Gasteiger charge is -2.31. The maximum absolute atomic E-state index is 5.98. The summed E-state index contributed by atoms with van der Waals surface area (Å²) in [6, 6.07) is 7.61. The molecule has 1 aliphatic carbocycles. The summed E-state index contributed by atoms with van der Waals surface area (Å²) in [5.74, 6) is 2.36. The van der Waals surface area contributed by atoms with E-state index in [1.54, 1.807) is 0 Å². The molecule has 0 aliphatic heterocycles. The van der Waals surface area contributed by atoms with Crippen LogP contribution < -0.4 is 10.5 Å². The van der Waals surface area contributed by atoms with Crippen molar-refractivity contribution in [3.05, 3.63) is 24.3 Å². The van der Waals surface area contributed by atoms with E-state index in [4.69, 9.17) is 15.2 Å². The Balaban J connectivity index is 1.61. The molecule has 1 aromatic rings. The Kier molecular flexibility index (Phi) is 5.72. The number of hydrogen-bond donors (Lipinski definition) is 1. The molecule has 0 heterocycles. The van der Waals surface area contributed by atoms with Gasteiger partial charge in [0.25, 0.3) is 0 Å². The fraction of sp³-hybridized carbons (Fsp3) is 0.647. The van der Waals surface area contributed by atoms with E-state index in [2.05, 4.69) is 13.8 Å². The van der Waals surface area contributed by atoms with Gasteiger partial charge in [0.1, 0.15) is 5.75 Å². The van der Waals surface area contributed by atoms with Gasteiger partial charge in [0.2, 0.25) is 0 Å². The maximum atomic E-state index is 5.98. The Morgan fingerprint density at radius 3 is 2.45 bits per heavy atom. The quantitative estimate of drug-likeness (QED) is 0.634. The van der Waals surface area contributed by atoms with Crippen molar-refractivity contribution in [3.8, 4) is 5.75 Å². The van der Waals surface area contributed by atoms with Crippen molar-refractivity contribution in [1.29, 1.82) is 0 Å². The topological polar surface area (TPSA) is 44.5 Å². The van der Waals surface area contributed by atoms with Crippen molar-refractivity contribution >= 4 is 5.69 Å². The summed E-state index contributed by atoms with van der Waals surface area (Å²) in [7, 11) is 0. The Bertz CT molecular complexity index is 398. The molecule has 2 atom stereocenters. The van der Waals surface area contributed by atoms with Crippen LogP contribution in [0.2, 0.25) is 0 Å². The molecule has 2 unspecified atom stereocenters. The zero-order valence-electron chi connectivity index (χ0n) is 12.7. The monoisotopic (exact) mass is 277 g/mol. The van der Waals surface area contributed by atoms with Gasteiger partial charge >= 0.3 is 0 Å². The minimum atomic E-state index is 0.440. The van der Waals surface area contributed by atoms with E-state index in [1.165, 1.54) is 19.3 Å². The van der Waals surface area contributed by atoms with Gasteiger partial charge in [-0.05, 0) is 43.2 Å². The van der Waals surface area contributed by atoms with Gasteiger partial charge in [-0.2, -0.15) is 0 Å². The molecule has 0 bridgehead atoms. The van der Waals surface area contributed by atoms with Crippen molar-refractivity contribution < 1.29 is 9.47 Å². The van der Waals surface area contributed by atoms with Crippen LogP contribution in [0.4, 0.5) is 5.69 Å². The Morgan fingerprint density at radius 2 is 1.75 bits per heavy atom. The van der Waals surface area contributed by atoms with Gasteiger partial charge in [-0.15, -0.1) is 0 Å². The highest BCUT2D eigenvalue weighted by Crippen LogP contribution is 2.30. The number of benzene rings is 1. The average Bonchev–Trinajstić information content (AvgIpc) is 2.39. The zero-order valence-corrected chi connectivity index (χ0v) is 12.7. The number of rotatable bonds is 6. The van der Waals surface area contributed by atoms with Crippen molar-refractivity contribution in [2.24, 2.45) is 11.8 Å². The first-order valence-corrected chi connectivity index (χ1v) is 7.74. The first-order valence-electron chi connectivity index (χ1n) is 7.74. The lowest BCUT2D eigenvalue weighted by Crippen LogP contribution is -2.26. The third-order valence-corrected chi connectivity index (χ3v) is 3.95. The van der Waals surface area contributed by atoms with Gasteiger partial charge < -0.3 is 15.2 Å². The van der Waals surface area contributed by atoms with Gasteiger partial charge in [0.15, 0.2) is 0 Å². The minimum Gasteiger partial charge on any atom is -0.491 e. The SMILES string of the molecule is CC1CC(C)CC(OCCCOc2ccccc2N)C1. The van der Waals surface area contributed by atoms with E-state index < -0.39 is 0 Å². The van der Waals surface area contributed by atoms with Crippen molar-refractivity contribution in [3.63, 3.8) is 0 Å². The third-order valence-electron chi connectivity index (χ3n) is 3.95. The molecule has 0 radical (unpaired) electrons. The standard InChI is InChI=1S/C17H27NO2/c1-13-10-14(2)12-15(11-13)19-8-5-9-20-17-7-4-3-6-16(17)18/h3-4,6-7,13-15H,5,8-12,18H2,1-2H3. The normalized spacial score (nSPS) is 26.4. The highest BCUT2D eigenvalue weighted by Gasteiger charge is 2.24. The van der Waals surface area contributed by atoms with Gasteiger partial charge in [0, 0.05) is 6.42 Å². The van der Waals surface area contributed by atoms with E-state index in [9.17, 15) is 0 Å². The molecule has 0 amide bonds. The molecule has 0 spiro atoms. The highest BCUT2D eigenvalue weighted by molar-refractivity contribution is 5.51. The smallest absolute Gasteiger partial charge is 0.142 e. The molecule has 2 rings (SSSR count).